The third-order valence-corrected chi connectivity index (χ3v) is 3.13. The zero-order valence-corrected chi connectivity index (χ0v) is 10.3. The molecular weight excluding hydrogens is 204 g/mol. The highest BCUT2D eigenvalue weighted by molar-refractivity contribution is 7.80. The molecule has 2 rings (SSSR count). The van der Waals surface area contributed by atoms with Crippen molar-refractivity contribution in [2.75, 3.05) is 5.75 Å². The van der Waals surface area contributed by atoms with Gasteiger partial charge >= 0.3 is 0 Å². The van der Waals surface area contributed by atoms with E-state index in [1.165, 1.54) is 11.1 Å². The first-order chi connectivity index (χ1) is 7.11. The molecule has 0 radical (unpaired) electrons. The maximum atomic E-state index is 5.93. The standard InChI is InChI=1S/C13H18OS/c1-13(2)7-5-11-9-10(6-8-15)3-4-12(11)14-13/h3-4,9,15H,5-8H2,1-2H3. The number of thiol groups is 1. The molecule has 0 saturated carbocycles. The van der Waals surface area contributed by atoms with Crippen molar-refractivity contribution in [2.24, 2.45) is 0 Å². The van der Waals surface area contributed by atoms with Gasteiger partial charge in [-0.15, -0.1) is 0 Å². The largest absolute Gasteiger partial charge is 0.488 e. The van der Waals surface area contributed by atoms with Gasteiger partial charge in [0, 0.05) is 0 Å². The van der Waals surface area contributed by atoms with Crippen molar-refractivity contribution in [3.8, 4) is 5.75 Å². The second-order valence-electron chi connectivity index (χ2n) is 4.78. The van der Waals surface area contributed by atoms with E-state index in [0.29, 0.717) is 0 Å². The Kier molecular flexibility index (Phi) is 2.96. The Morgan fingerprint density at radius 2 is 2.20 bits per heavy atom. The molecule has 82 valence electrons. The molecule has 15 heavy (non-hydrogen) atoms. The smallest absolute Gasteiger partial charge is 0.123 e. The van der Waals surface area contributed by atoms with Gasteiger partial charge in [-0.05, 0) is 56.1 Å². The van der Waals surface area contributed by atoms with E-state index < -0.39 is 0 Å². The van der Waals surface area contributed by atoms with Gasteiger partial charge in [0.05, 0.1) is 0 Å². The van der Waals surface area contributed by atoms with Gasteiger partial charge in [0.15, 0.2) is 0 Å². The second-order valence-corrected chi connectivity index (χ2v) is 5.22. The van der Waals surface area contributed by atoms with Crippen molar-refractivity contribution >= 4 is 12.6 Å². The van der Waals surface area contributed by atoms with Crippen LogP contribution in [-0.2, 0) is 12.8 Å². The quantitative estimate of drug-likeness (QED) is 0.756. The molecule has 0 saturated heterocycles. The normalized spacial score (nSPS) is 18.1. The van der Waals surface area contributed by atoms with Crippen molar-refractivity contribution < 1.29 is 4.74 Å². The lowest BCUT2D eigenvalue weighted by atomic mass is 9.93. The molecule has 0 aliphatic carbocycles. The lowest BCUT2D eigenvalue weighted by molar-refractivity contribution is 0.0846. The van der Waals surface area contributed by atoms with Crippen molar-refractivity contribution in [2.45, 2.75) is 38.7 Å². The SMILES string of the molecule is CC1(C)CCc2cc(CCS)ccc2O1. The summed E-state index contributed by atoms with van der Waals surface area (Å²) in [5, 5.41) is 0. The third kappa shape index (κ3) is 2.49. The summed E-state index contributed by atoms with van der Waals surface area (Å²) in [6.07, 6.45) is 3.27. The van der Waals surface area contributed by atoms with Crippen molar-refractivity contribution in [3.63, 3.8) is 0 Å². The summed E-state index contributed by atoms with van der Waals surface area (Å²) < 4.78 is 5.93. The molecule has 1 nitrogen and oxygen atoms in total. The predicted octanol–water partition coefficient (Wildman–Crippen LogP) is 3.26. The fourth-order valence-corrected chi connectivity index (χ4v) is 2.25. The van der Waals surface area contributed by atoms with E-state index >= 15 is 0 Å². The van der Waals surface area contributed by atoms with Gasteiger partial charge in [0.2, 0.25) is 0 Å². The average Bonchev–Trinajstić information content (AvgIpc) is 2.18. The van der Waals surface area contributed by atoms with Crippen LogP contribution in [0.4, 0.5) is 0 Å². The van der Waals surface area contributed by atoms with E-state index in [2.05, 4.69) is 44.7 Å². The number of benzene rings is 1. The summed E-state index contributed by atoms with van der Waals surface area (Å²) in [5.41, 5.74) is 2.72. The molecule has 0 amide bonds. The highest BCUT2D eigenvalue weighted by Gasteiger charge is 2.26. The van der Waals surface area contributed by atoms with Crippen LogP contribution in [-0.4, -0.2) is 11.4 Å². The first kappa shape index (κ1) is 10.9. The number of fused-ring (bicyclic) bond motifs is 1. The summed E-state index contributed by atoms with van der Waals surface area (Å²) >= 11 is 4.25. The lowest BCUT2D eigenvalue weighted by Crippen LogP contribution is -2.32. The summed E-state index contributed by atoms with van der Waals surface area (Å²) in [5.74, 6) is 1.97. The van der Waals surface area contributed by atoms with Gasteiger partial charge in [-0.3, -0.25) is 0 Å². The van der Waals surface area contributed by atoms with E-state index in [1.807, 2.05) is 0 Å². The molecule has 0 aromatic heterocycles. The monoisotopic (exact) mass is 222 g/mol. The minimum Gasteiger partial charge on any atom is -0.488 e. The Labute approximate surface area is 97.2 Å². The molecular formula is C13H18OS. The van der Waals surface area contributed by atoms with Crippen LogP contribution in [0.25, 0.3) is 0 Å². The molecule has 0 fully saturated rings. The summed E-state index contributed by atoms with van der Waals surface area (Å²) in [4.78, 5) is 0. The Balaban J connectivity index is 2.24. The average molecular weight is 222 g/mol. The number of ether oxygens (including phenoxy) is 1. The van der Waals surface area contributed by atoms with Crippen molar-refractivity contribution in [3.05, 3.63) is 29.3 Å². The van der Waals surface area contributed by atoms with Crippen LogP contribution in [0.2, 0.25) is 0 Å². The van der Waals surface area contributed by atoms with Crippen LogP contribution < -0.4 is 4.74 Å². The Bertz CT molecular complexity index is 358. The van der Waals surface area contributed by atoms with E-state index in [1.54, 1.807) is 0 Å². The van der Waals surface area contributed by atoms with Gasteiger partial charge in [0.25, 0.3) is 0 Å². The topological polar surface area (TPSA) is 9.23 Å². The molecule has 2 heteroatoms. The highest BCUT2D eigenvalue weighted by Crippen LogP contribution is 2.33. The minimum absolute atomic E-state index is 0.00192. The highest BCUT2D eigenvalue weighted by atomic mass is 32.1. The van der Waals surface area contributed by atoms with Crippen LogP contribution >= 0.6 is 12.6 Å². The zero-order valence-electron chi connectivity index (χ0n) is 9.42. The van der Waals surface area contributed by atoms with Gasteiger partial charge in [0.1, 0.15) is 11.4 Å². The van der Waals surface area contributed by atoms with E-state index in [4.69, 9.17) is 4.74 Å². The maximum absolute atomic E-state index is 5.93. The number of hydrogen-bond acceptors (Lipinski definition) is 2. The molecule has 0 unspecified atom stereocenters. The van der Waals surface area contributed by atoms with Crippen molar-refractivity contribution in [1.29, 1.82) is 0 Å². The molecule has 1 aromatic rings. The first-order valence-corrected chi connectivity index (χ1v) is 6.16. The van der Waals surface area contributed by atoms with Crippen molar-refractivity contribution in [1.82, 2.24) is 0 Å². The molecule has 0 atom stereocenters. The summed E-state index contributed by atoms with van der Waals surface area (Å²) in [7, 11) is 0. The van der Waals surface area contributed by atoms with Gasteiger partial charge in [-0.2, -0.15) is 12.6 Å². The van der Waals surface area contributed by atoms with E-state index in [0.717, 1.165) is 30.8 Å². The summed E-state index contributed by atoms with van der Waals surface area (Å²) in [6.45, 7) is 4.30. The molecule has 0 spiro atoms. The van der Waals surface area contributed by atoms with Gasteiger partial charge < -0.3 is 4.74 Å². The molecule has 1 heterocycles. The summed E-state index contributed by atoms with van der Waals surface area (Å²) in [6, 6.07) is 6.52. The second kappa shape index (κ2) is 4.09. The van der Waals surface area contributed by atoms with E-state index in [9.17, 15) is 0 Å². The molecule has 0 bridgehead atoms. The molecule has 1 aliphatic heterocycles. The van der Waals surface area contributed by atoms with Crippen LogP contribution in [0, 0.1) is 0 Å². The third-order valence-electron chi connectivity index (χ3n) is 2.91. The number of aryl methyl sites for hydroxylation is 2. The zero-order chi connectivity index (χ0) is 10.9. The van der Waals surface area contributed by atoms with Crippen LogP contribution in [0.1, 0.15) is 31.4 Å². The number of rotatable bonds is 2. The predicted molar refractivity (Wildman–Crippen MR) is 67.0 cm³/mol. The Hall–Kier alpha value is -0.630. The maximum Gasteiger partial charge on any atom is 0.123 e. The van der Waals surface area contributed by atoms with Gasteiger partial charge in [-0.1, -0.05) is 12.1 Å². The molecule has 0 N–H and O–H groups in total. The lowest BCUT2D eigenvalue weighted by Gasteiger charge is -2.32. The first-order valence-electron chi connectivity index (χ1n) is 5.52. The van der Waals surface area contributed by atoms with Gasteiger partial charge in [-0.25, -0.2) is 0 Å². The van der Waals surface area contributed by atoms with Crippen LogP contribution in [0.3, 0.4) is 0 Å². The Morgan fingerprint density at radius 3 is 2.93 bits per heavy atom. The van der Waals surface area contributed by atoms with Crippen LogP contribution in [0.15, 0.2) is 18.2 Å². The minimum atomic E-state index is -0.00192. The Morgan fingerprint density at radius 1 is 1.40 bits per heavy atom. The molecule has 1 aliphatic rings. The fraction of sp³-hybridized carbons (Fsp3) is 0.538. The number of hydrogen-bond donors (Lipinski definition) is 1. The van der Waals surface area contributed by atoms with Crippen LogP contribution in [0.5, 0.6) is 5.75 Å². The molecule has 1 aromatic carbocycles. The fourth-order valence-electron chi connectivity index (χ4n) is 2.00. The van der Waals surface area contributed by atoms with E-state index in [-0.39, 0.29) is 5.60 Å².